The van der Waals surface area contributed by atoms with Crippen molar-refractivity contribution >= 4 is 30.7 Å². The smallest absolute Gasteiger partial charge is 0.220 e. The van der Waals surface area contributed by atoms with E-state index in [9.17, 15) is 4.79 Å². The molecule has 7 heteroatoms. The number of benzene rings is 1. The Bertz CT molecular complexity index is 688. The van der Waals surface area contributed by atoms with E-state index in [0.717, 1.165) is 30.7 Å². The van der Waals surface area contributed by atoms with E-state index < -0.39 is 0 Å². The summed E-state index contributed by atoms with van der Waals surface area (Å²) in [5.41, 5.74) is 2.22. The molecule has 2 unspecified atom stereocenters. The third kappa shape index (κ3) is 6.31. The molecular formula is C19H27Cl2N3O2. The fourth-order valence-electron chi connectivity index (χ4n) is 3.06. The minimum absolute atomic E-state index is 0. The molecule has 144 valence electrons. The van der Waals surface area contributed by atoms with Crippen LogP contribution in [0.25, 0.3) is 11.3 Å². The van der Waals surface area contributed by atoms with Gasteiger partial charge in [-0.05, 0) is 33.2 Å². The number of aromatic nitrogens is 1. The third-order valence-corrected chi connectivity index (χ3v) is 4.44. The summed E-state index contributed by atoms with van der Waals surface area (Å²) in [6, 6.07) is 8.87. The lowest BCUT2D eigenvalue weighted by atomic mass is 10.0. The summed E-state index contributed by atoms with van der Waals surface area (Å²) in [5.74, 6) is 1.43. The van der Waals surface area contributed by atoms with Gasteiger partial charge >= 0.3 is 0 Å². The normalized spacial score (nSPS) is 19.2. The Morgan fingerprint density at radius 1 is 1.31 bits per heavy atom. The first-order valence-electron chi connectivity index (χ1n) is 8.64. The lowest BCUT2D eigenvalue weighted by molar-refractivity contribution is -0.122. The molecule has 1 aromatic carbocycles. The molecule has 1 saturated heterocycles. The molecule has 26 heavy (non-hydrogen) atoms. The summed E-state index contributed by atoms with van der Waals surface area (Å²) in [6.45, 7) is 5.17. The second kappa shape index (κ2) is 10.6. The lowest BCUT2D eigenvalue weighted by Gasteiger charge is -2.28. The molecule has 0 radical (unpaired) electrons. The van der Waals surface area contributed by atoms with Gasteiger partial charge in [0.25, 0.3) is 0 Å². The van der Waals surface area contributed by atoms with Crippen molar-refractivity contribution in [2.24, 2.45) is 0 Å². The van der Waals surface area contributed by atoms with Gasteiger partial charge in [0, 0.05) is 30.5 Å². The Labute approximate surface area is 167 Å². The largest absolute Gasteiger partial charge is 0.441 e. The Morgan fingerprint density at radius 3 is 2.73 bits per heavy atom. The van der Waals surface area contributed by atoms with Crippen LogP contribution in [-0.4, -0.2) is 29.5 Å². The Morgan fingerprint density at radius 2 is 2.04 bits per heavy atom. The molecule has 2 heterocycles. The average Bonchev–Trinajstić information content (AvgIpc) is 3.03. The zero-order valence-corrected chi connectivity index (χ0v) is 16.8. The summed E-state index contributed by atoms with van der Waals surface area (Å²) in [4.78, 5) is 16.4. The van der Waals surface area contributed by atoms with Crippen LogP contribution in [0.4, 0.5) is 0 Å². The van der Waals surface area contributed by atoms with Crippen LogP contribution in [-0.2, 0) is 11.2 Å². The van der Waals surface area contributed by atoms with E-state index in [4.69, 9.17) is 4.42 Å². The minimum atomic E-state index is 0. The molecule has 1 aliphatic heterocycles. The number of nitrogens with zero attached hydrogens (tertiary/aromatic N) is 1. The van der Waals surface area contributed by atoms with Gasteiger partial charge in [0.2, 0.25) is 5.91 Å². The van der Waals surface area contributed by atoms with Gasteiger partial charge in [-0.3, -0.25) is 4.79 Å². The number of nitrogens with one attached hydrogen (secondary N) is 2. The van der Waals surface area contributed by atoms with E-state index in [-0.39, 0.29) is 36.8 Å². The van der Waals surface area contributed by atoms with Gasteiger partial charge < -0.3 is 15.1 Å². The molecule has 1 amide bonds. The van der Waals surface area contributed by atoms with Gasteiger partial charge in [-0.15, -0.1) is 24.8 Å². The number of aryl methyl sites for hydroxylation is 2. The van der Waals surface area contributed by atoms with Crippen LogP contribution in [0, 0.1) is 6.92 Å². The predicted octanol–water partition coefficient (Wildman–Crippen LogP) is 3.68. The van der Waals surface area contributed by atoms with Crippen molar-refractivity contribution in [3.05, 3.63) is 41.9 Å². The predicted molar refractivity (Wildman–Crippen MR) is 108 cm³/mol. The molecule has 0 spiro atoms. The second-order valence-electron chi connectivity index (χ2n) is 6.63. The molecule has 1 aromatic heterocycles. The zero-order valence-electron chi connectivity index (χ0n) is 15.2. The maximum atomic E-state index is 12.1. The van der Waals surface area contributed by atoms with Gasteiger partial charge in [0.05, 0.1) is 6.20 Å². The SMILES string of the molecule is Cc1ccc(-c2cnc(CCC(=O)NC3CCNC(C)C3)o2)cc1.Cl.Cl. The summed E-state index contributed by atoms with van der Waals surface area (Å²) in [6.07, 6.45) is 4.64. The number of rotatable bonds is 5. The van der Waals surface area contributed by atoms with E-state index in [0.29, 0.717) is 24.8 Å². The van der Waals surface area contributed by atoms with E-state index in [1.54, 1.807) is 6.20 Å². The Balaban J connectivity index is 0.00000169. The highest BCUT2D eigenvalue weighted by Gasteiger charge is 2.20. The van der Waals surface area contributed by atoms with Gasteiger partial charge in [0.15, 0.2) is 11.7 Å². The maximum absolute atomic E-state index is 12.1. The molecule has 3 rings (SSSR count). The maximum Gasteiger partial charge on any atom is 0.220 e. The highest BCUT2D eigenvalue weighted by Crippen LogP contribution is 2.21. The van der Waals surface area contributed by atoms with E-state index in [1.165, 1.54) is 5.56 Å². The van der Waals surface area contributed by atoms with Crippen LogP contribution in [0.15, 0.2) is 34.9 Å². The van der Waals surface area contributed by atoms with Gasteiger partial charge in [-0.2, -0.15) is 0 Å². The number of carbonyl (C=O) groups is 1. The molecular weight excluding hydrogens is 373 g/mol. The molecule has 0 saturated carbocycles. The van der Waals surface area contributed by atoms with Crippen LogP contribution in [0.5, 0.6) is 0 Å². The lowest BCUT2D eigenvalue weighted by Crippen LogP contribution is -2.46. The van der Waals surface area contributed by atoms with Crippen molar-refractivity contribution in [2.45, 2.75) is 51.6 Å². The fourth-order valence-corrected chi connectivity index (χ4v) is 3.06. The van der Waals surface area contributed by atoms with Gasteiger partial charge in [0.1, 0.15) is 0 Å². The van der Waals surface area contributed by atoms with Crippen molar-refractivity contribution in [1.29, 1.82) is 0 Å². The number of hydrogen-bond donors (Lipinski definition) is 2. The first kappa shape index (κ1) is 22.5. The molecule has 1 aliphatic rings. The molecule has 2 atom stereocenters. The number of halogens is 2. The zero-order chi connectivity index (χ0) is 16.9. The summed E-state index contributed by atoms with van der Waals surface area (Å²) < 4.78 is 5.77. The summed E-state index contributed by atoms with van der Waals surface area (Å²) in [5, 5.41) is 6.50. The van der Waals surface area contributed by atoms with Gasteiger partial charge in [-0.25, -0.2) is 4.98 Å². The number of carbonyl (C=O) groups excluding carboxylic acids is 1. The van der Waals surface area contributed by atoms with Crippen LogP contribution in [0.2, 0.25) is 0 Å². The molecule has 2 aromatic rings. The summed E-state index contributed by atoms with van der Waals surface area (Å²) in [7, 11) is 0. The second-order valence-corrected chi connectivity index (χ2v) is 6.63. The van der Waals surface area contributed by atoms with Crippen molar-refractivity contribution < 1.29 is 9.21 Å². The third-order valence-electron chi connectivity index (χ3n) is 4.44. The highest BCUT2D eigenvalue weighted by molar-refractivity contribution is 5.85. The van der Waals surface area contributed by atoms with Crippen molar-refractivity contribution in [3.63, 3.8) is 0 Å². The monoisotopic (exact) mass is 399 g/mol. The van der Waals surface area contributed by atoms with Crippen LogP contribution >= 0.6 is 24.8 Å². The van der Waals surface area contributed by atoms with Gasteiger partial charge in [-0.1, -0.05) is 29.8 Å². The quantitative estimate of drug-likeness (QED) is 0.804. The molecule has 0 bridgehead atoms. The number of oxazole rings is 1. The number of amides is 1. The van der Waals surface area contributed by atoms with Crippen LogP contribution in [0.1, 0.15) is 37.6 Å². The molecule has 1 fully saturated rings. The average molecular weight is 400 g/mol. The highest BCUT2D eigenvalue weighted by atomic mass is 35.5. The molecule has 0 aliphatic carbocycles. The number of hydrogen-bond acceptors (Lipinski definition) is 4. The first-order valence-corrected chi connectivity index (χ1v) is 8.64. The van der Waals surface area contributed by atoms with E-state index in [1.807, 2.05) is 24.3 Å². The fraction of sp³-hybridized carbons (Fsp3) is 0.474. The van der Waals surface area contributed by atoms with Crippen molar-refractivity contribution in [2.75, 3.05) is 6.54 Å². The Hall–Kier alpha value is -1.56. The summed E-state index contributed by atoms with van der Waals surface area (Å²) >= 11 is 0. The minimum Gasteiger partial charge on any atom is -0.441 e. The van der Waals surface area contributed by atoms with Crippen molar-refractivity contribution in [3.8, 4) is 11.3 Å². The van der Waals surface area contributed by atoms with E-state index in [2.05, 4.69) is 29.5 Å². The topological polar surface area (TPSA) is 67.2 Å². The Kier molecular flexibility index (Phi) is 9.13. The van der Waals surface area contributed by atoms with Crippen LogP contribution in [0.3, 0.4) is 0 Å². The van der Waals surface area contributed by atoms with E-state index >= 15 is 0 Å². The van der Waals surface area contributed by atoms with Crippen molar-refractivity contribution in [1.82, 2.24) is 15.6 Å². The molecule has 2 N–H and O–H groups in total. The first-order chi connectivity index (χ1) is 11.6. The van der Waals surface area contributed by atoms with Crippen LogP contribution < -0.4 is 10.6 Å². The molecule has 5 nitrogen and oxygen atoms in total. The number of piperidine rings is 1. The standard InChI is InChI=1S/C19H25N3O2.2ClH/c1-13-3-5-15(6-4-13)17-12-21-19(24-17)8-7-18(23)22-16-9-10-20-14(2)11-16;;/h3-6,12,14,16,20H,7-11H2,1-2H3,(H,22,23);2*1H.